The van der Waals surface area contributed by atoms with Gasteiger partial charge in [-0.15, -0.1) is 11.8 Å². The maximum absolute atomic E-state index is 12.6. The summed E-state index contributed by atoms with van der Waals surface area (Å²) in [4.78, 5) is 26.5. The first-order valence-corrected chi connectivity index (χ1v) is 11.6. The molecule has 0 saturated carbocycles. The Morgan fingerprint density at radius 3 is 2.60 bits per heavy atom. The van der Waals surface area contributed by atoms with Gasteiger partial charge in [-0.1, -0.05) is 59.4 Å². The molecule has 1 saturated heterocycles. The van der Waals surface area contributed by atoms with Crippen molar-refractivity contribution in [2.24, 2.45) is 0 Å². The smallest absolute Gasteiger partial charge is 0.411 e. The lowest BCUT2D eigenvalue weighted by Gasteiger charge is -2.32. The molecule has 0 spiro atoms. The van der Waals surface area contributed by atoms with Crippen LogP contribution in [-0.4, -0.2) is 35.3 Å². The number of carbonyl (C=O) groups excluding carboxylic acids is 2. The van der Waals surface area contributed by atoms with Gasteiger partial charge in [0.1, 0.15) is 12.0 Å². The van der Waals surface area contributed by atoms with Crippen LogP contribution in [0.1, 0.15) is 24.3 Å². The van der Waals surface area contributed by atoms with Gasteiger partial charge in [-0.3, -0.25) is 10.1 Å². The highest BCUT2D eigenvalue weighted by molar-refractivity contribution is 8.00. The highest BCUT2D eigenvalue weighted by atomic mass is 35.5. The molecule has 2 aromatic rings. The summed E-state index contributed by atoms with van der Waals surface area (Å²) in [6.07, 6.45) is -0.0409. The second kappa shape index (κ2) is 10.3. The molecule has 0 bridgehead atoms. The predicted octanol–water partition coefficient (Wildman–Crippen LogP) is 6.90. The average molecular weight is 508 g/mol. The molecule has 1 N–H and O–H groups in total. The molecule has 5 nitrogen and oxygen atoms in total. The average Bonchev–Trinajstić information content (AvgIpc) is 3.07. The zero-order valence-corrected chi connectivity index (χ0v) is 19.7. The molecule has 2 atom stereocenters. The summed E-state index contributed by atoms with van der Waals surface area (Å²) < 4.78 is 5.38. The van der Waals surface area contributed by atoms with Crippen LogP contribution in [0.2, 0.25) is 20.1 Å². The summed E-state index contributed by atoms with van der Waals surface area (Å²) in [6.45, 7) is 1.97. The fraction of sp³-hybridized carbons (Fsp3) is 0.300. The highest BCUT2D eigenvalue weighted by Gasteiger charge is 2.38. The van der Waals surface area contributed by atoms with Crippen LogP contribution in [0.5, 0.6) is 0 Å². The van der Waals surface area contributed by atoms with E-state index in [4.69, 9.17) is 51.1 Å². The molecule has 10 heteroatoms. The molecule has 2 amide bonds. The normalized spacial score (nSPS) is 17.2. The number of benzene rings is 2. The Morgan fingerprint density at radius 2 is 1.93 bits per heavy atom. The molecule has 1 aliphatic heterocycles. The second-order valence-corrected chi connectivity index (χ2v) is 9.27. The molecule has 1 heterocycles. The standard InChI is InChI=1S/C20H18Cl4N2O3S/c1-2-13(9-29-20(28)25-12-4-6-15(22)17(24)8-12)26-18(27)10-30-19(26)14-5-3-11(21)7-16(14)23/h3-8,13,19H,2,9-10H2,1H3,(H,25,28)/t13-,19-/m0/s1. The van der Waals surface area contributed by atoms with E-state index >= 15 is 0 Å². The summed E-state index contributed by atoms with van der Waals surface area (Å²) >= 11 is 25.7. The van der Waals surface area contributed by atoms with Crippen LogP contribution in [0.3, 0.4) is 0 Å². The van der Waals surface area contributed by atoms with E-state index in [2.05, 4.69) is 5.32 Å². The van der Waals surface area contributed by atoms with Gasteiger partial charge in [0.25, 0.3) is 0 Å². The van der Waals surface area contributed by atoms with E-state index in [1.54, 1.807) is 29.2 Å². The monoisotopic (exact) mass is 506 g/mol. The third-order valence-corrected chi connectivity index (χ3v) is 7.08. The fourth-order valence-corrected chi connectivity index (χ4v) is 5.23. The first-order chi connectivity index (χ1) is 14.3. The third kappa shape index (κ3) is 5.48. The fourth-order valence-electron chi connectivity index (χ4n) is 3.07. The van der Waals surface area contributed by atoms with E-state index in [1.807, 2.05) is 13.0 Å². The summed E-state index contributed by atoms with van der Waals surface area (Å²) in [5.74, 6) is 0.298. The molecule has 0 radical (unpaired) electrons. The molecule has 2 aromatic carbocycles. The molecule has 3 rings (SSSR count). The van der Waals surface area contributed by atoms with Gasteiger partial charge in [-0.25, -0.2) is 4.79 Å². The summed E-state index contributed by atoms with van der Waals surface area (Å²) in [5, 5.41) is 4.06. The Kier molecular flexibility index (Phi) is 8.04. The van der Waals surface area contributed by atoms with Gasteiger partial charge >= 0.3 is 6.09 Å². The largest absolute Gasteiger partial charge is 0.447 e. The Bertz CT molecular complexity index is 960. The highest BCUT2D eigenvalue weighted by Crippen LogP contribution is 2.43. The lowest BCUT2D eigenvalue weighted by molar-refractivity contribution is -0.131. The zero-order chi connectivity index (χ0) is 21.8. The molecule has 1 aliphatic rings. The third-order valence-electron chi connectivity index (χ3n) is 4.57. The van der Waals surface area contributed by atoms with Crippen molar-refractivity contribution < 1.29 is 14.3 Å². The first-order valence-electron chi connectivity index (χ1n) is 9.06. The SMILES string of the molecule is CC[C@@H](COC(=O)Nc1ccc(Cl)c(Cl)c1)N1C(=O)CS[C@H]1c1ccc(Cl)cc1Cl. The van der Waals surface area contributed by atoms with Gasteiger partial charge in [0, 0.05) is 21.3 Å². The molecule has 1 fully saturated rings. The molecule has 0 aromatic heterocycles. The van der Waals surface area contributed by atoms with Gasteiger partial charge < -0.3 is 9.64 Å². The number of thioether (sulfide) groups is 1. The van der Waals surface area contributed by atoms with Crippen LogP contribution in [0, 0.1) is 0 Å². The van der Waals surface area contributed by atoms with Crippen molar-refractivity contribution >= 4 is 75.9 Å². The van der Waals surface area contributed by atoms with Crippen LogP contribution in [0.15, 0.2) is 36.4 Å². The van der Waals surface area contributed by atoms with Crippen molar-refractivity contribution in [3.05, 3.63) is 62.1 Å². The molecular formula is C20H18Cl4N2O3S. The van der Waals surface area contributed by atoms with Crippen molar-refractivity contribution in [1.82, 2.24) is 4.90 Å². The van der Waals surface area contributed by atoms with Crippen LogP contribution in [-0.2, 0) is 9.53 Å². The lowest BCUT2D eigenvalue weighted by atomic mass is 10.1. The van der Waals surface area contributed by atoms with E-state index in [0.717, 1.165) is 5.56 Å². The number of hydrogen-bond acceptors (Lipinski definition) is 4. The van der Waals surface area contributed by atoms with Gasteiger partial charge in [-0.2, -0.15) is 0 Å². The number of rotatable bonds is 6. The minimum absolute atomic E-state index is 0.0312. The van der Waals surface area contributed by atoms with Gasteiger partial charge in [0.15, 0.2) is 0 Å². The number of hydrogen-bond donors (Lipinski definition) is 1. The first kappa shape index (κ1) is 23.4. The second-order valence-electron chi connectivity index (χ2n) is 6.54. The van der Waals surface area contributed by atoms with Crippen molar-refractivity contribution in [3.63, 3.8) is 0 Å². The zero-order valence-electron chi connectivity index (χ0n) is 15.8. The van der Waals surface area contributed by atoms with Crippen molar-refractivity contribution in [2.75, 3.05) is 17.7 Å². The van der Waals surface area contributed by atoms with E-state index in [9.17, 15) is 9.59 Å². The summed E-state index contributed by atoms with van der Waals surface area (Å²) in [6, 6.07) is 9.64. The van der Waals surface area contributed by atoms with Crippen molar-refractivity contribution in [3.8, 4) is 0 Å². The number of ether oxygens (including phenoxy) is 1. The maximum Gasteiger partial charge on any atom is 0.411 e. The topological polar surface area (TPSA) is 58.6 Å². The van der Waals surface area contributed by atoms with E-state index in [-0.39, 0.29) is 23.9 Å². The molecule has 0 aliphatic carbocycles. The number of nitrogens with zero attached hydrogens (tertiary/aromatic N) is 1. The van der Waals surface area contributed by atoms with Gasteiger partial charge in [0.2, 0.25) is 5.91 Å². The van der Waals surface area contributed by atoms with Crippen LogP contribution < -0.4 is 5.32 Å². The molecule has 160 valence electrons. The molecular weight excluding hydrogens is 490 g/mol. The Labute approximate surface area is 198 Å². The van der Waals surface area contributed by atoms with Crippen molar-refractivity contribution in [2.45, 2.75) is 24.8 Å². The maximum atomic E-state index is 12.6. The van der Waals surface area contributed by atoms with Crippen molar-refractivity contribution in [1.29, 1.82) is 0 Å². The number of anilines is 1. The Morgan fingerprint density at radius 1 is 1.17 bits per heavy atom. The molecule has 30 heavy (non-hydrogen) atoms. The number of halogens is 4. The minimum atomic E-state index is -0.646. The number of nitrogens with one attached hydrogen (secondary N) is 1. The summed E-state index contributed by atoms with van der Waals surface area (Å²) in [7, 11) is 0. The van der Waals surface area contributed by atoms with Crippen LogP contribution >= 0.6 is 58.2 Å². The van der Waals surface area contributed by atoms with Gasteiger partial charge in [0.05, 0.1) is 21.8 Å². The van der Waals surface area contributed by atoms with E-state index in [1.165, 1.54) is 17.8 Å². The van der Waals surface area contributed by atoms with E-state index < -0.39 is 6.09 Å². The number of amides is 2. The van der Waals surface area contributed by atoms with Crippen LogP contribution in [0.4, 0.5) is 10.5 Å². The van der Waals surface area contributed by atoms with E-state index in [0.29, 0.717) is 38.0 Å². The lowest BCUT2D eigenvalue weighted by Crippen LogP contribution is -2.41. The quantitative estimate of drug-likeness (QED) is 0.461. The molecule has 0 unspecified atom stereocenters. The summed E-state index contributed by atoms with van der Waals surface area (Å²) in [5.41, 5.74) is 1.26. The van der Waals surface area contributed by atoms with Crippen LogP contribution in [0.25, 0.3) is 0 Å². The predicted molar refractivity (Wildman–Crippen MR) is 124 cm³/mol. The Hall–Kier alpha value is -1.31. The Balaban J connectivity index is 1.68. The number of carbonyl (C=O) groups is 2. The minimum Gasteiger partial charge on any atom is -0.447 e. The van der Waals surface area contributed by atoms with Gasteiger partial charge in [-0.05, 0) is 36.8 Å².